The molecule has 4 nitrogen and oxygen atoms in total. The van der Waals surface area contributed by atoms with E-state index in [1.54, 1.807) is 18.8 Å². The zero-order valence-electron chi connectivity index (χ0n) is 13.9. The van der Waals surface area contributed by atoms with Crippen molar-refractivity contribution in [2.45, 2.75) is 31.2 Å². The highest BCUT2D eigenvalue weighted by molar-refractivity contribution is 14.0. The molecule has 0 heterocycles. The zero-order chi connectivity index (χ0) is 16.5. The first-order valence-electron chi connectivity index (χ1n) is 6.84. The van der Waals surface area contributed by atoms with Crippen molar-refractivity contribution in [1.29, 1.82) is 0 Å². The lowest BCUT2D eigenvalue weighted by Gasteiger charge is -2.24. The van der Waals surface area contributed by atoms with Crippen molar-refractivity contribution in [3.63, 3.8) is 0 Å². The van der Waals surface area contributed by atoms with E-state index in [0.717, 1.165) is 6.54 Å². The van der Waals surface area contributed by atoms with Crippen molar-refractivity contribution in [2.24, 2.45) is 4.99 Å². The maximum Gasteiger partial charge on any atom is 0.401 e. The Balaban J connectivity index is 0. The summed E-state index contributed by atoms with van der Waals surface area (Å²) in [6, 6.07) is 0. The Bertz CT molecular complexity index is 325. The van der Waals surface area contributed by atoms with Crippen molar-refractivity contribution in [1.82, 2.24) is 15.5 Å². The van der Waals surface area contributed by atoms with Gasteiger partial charge in [-0.2, -0.15) is 24.9 Å². The summed E-state index contributed by atoms with van der Waals surface area (Å²) in [6.07, 6.45) is -1.46. The number of guanidine groups is 1. The number of rotatable bonds is 8. The van der Waals surface area contributed by atoms with E-state index in [0.29, 0.717) is 25.5 Å². The van der Waals surface area contributed by atoms with E-state index in [9.17, 15) is 13.2 Å². The molecule has 22 heavy (non-hydrogen) atoms. The van der Waals surface area contributed by atoms with Crippen molar-refractivity contribution >= 4 is 41.7 Å². The lowest BCUT2D eigenvalue weighted by molar-refractivity contribution is -0.143. The average molecular weight is 456 g/mol. The molecule has 0 aliphatic carbocycles. The number of alkyl halides is 3. The van der Waals surface area contributed by atoms with E-state index in [1.807, 2.05) is 6.26 Å². The van der Waals surface area contributed by atoms with Gasteiger partial charge in [-0.15, -0.1) is 24.0 Å². The highest BCUT2D eigenvalue weighted by Crippen LogP contribution is 2.19. The van der Waals surface area contributed by atoms with Gasteiger partial charge in [-0.3, -0.25) is 9.89 Å². The van der Waals surface area contributed by atoms with Gasteiger partial charge in [0.1, 0.15) is 0 Å². The molecule has 0 amide bonds. The van der Waals surface area contributed by atoms with E-state index in [1.165, 1.54) is 11.9 Å². The van der Waals surface area contributed by atoms with E-state index in [2.05, 4.69) is 29.5 Å². The molecule has 0 atom stereocenters. The molecule has 0 aromatic heterocycles. The smallest absolute Gasteiger partial charge is 0.356 e. The van der Waals surface area contributed by atoms with Crippen molar-refractivity contribution in [2.75, 3.05) is 46.5 Å². The van der Waals surface area contributed by atoms with Gasteiger partial charge in [-0.1, -0.05) is 0 Å². The van der Waals surface area contributed by atoms with Gasteiger partial charge in [-0.25, -0.2) is 0 Å². The molecule has 0 fully saturated rings. The molecule has 0 radical (unpaired) electrons. The summed E-state index contributed by atoms with van der Waals surface area (Å²) in [7, 11) is 3.15. The number of aliphatic imine (C=N–C) groups is 1. The molecule has 0 aliphatic rings. The second kappa shape index (κ2) is 11.6. The molecular weight excluding hydrogens is 428 g/mol. The summed E-state index contributed by atoms with van der Waals surface area (Å²) in [4.78, 5) is 5.37. The SMILES string of the molecule is CN=C(NCCCN(C)CC(F)(F)F)NCC(C)(C)SC.I. The fourth-order valence-corrected chi connectivity index (χ4v) is 1.75. The molecule has 0 unspecified atom stereocenters. The van der Waals surface area contributed by atoms with E-state index in [-0.39, 0.29) is 28.7 Å². The third kappa shape index (κ3) is 13.7. The molecular formula is C13H28F3IN4S. The minimum absolute atomic E-state index is 0. The lowest BCUT2D eigenvalue weighted by Crippen LogP contribution is -2.44. The summed E-state index contributed by atoms with van der Waals surface area (Å²) in [5.41, 5.74) is 0. The average Bonchev–Trinajstić information content (AvgIpc) is 2.36. The summed E-state index contributed by atoms with van der Waals surface area (Å²) < 4.78 is 36.6. The first kappa shape index (κ1) is 24.4. The van der Waals surface area contributed by atoms with E-state index in [4.69, 9.17) is 0 Å². The predicted octanol–water partition coefficient (Wildman–Crippen LogP) is 2.80. The molecule has 0 saturated heterocycles. The van der Waals surface area contributed by atoms with Crippen LogP contribution in [0.5, 0.6) is 0 Å². The van der Waals surface area contributed by atoms with Crippen LogP contribution in [0.15, 0.2) is 4.99 Å². The van der Waals surface area contributed by atoms with E-state index >= 15 is 0 Å². The summed E-state index contributed by atoms with van der Waals surface area (Å²) in [6.45, 7) is 5.12. The molecule has 134 valence electrons. The van der Waals surface area contributed by atoms with Gasteiger partial charge in [0.25, 0.3) is 0 Å². The first-order valence-corrected chi connectivity index (χ1v) is 8.07. The van der Waals surface area contributed by atoms with Crippen LogP contribution in [-0.4, -0.2) is 68.3 Å². The van der Waals surface area contributed by atoms with Crippen LogP contribution in [0, 0.1) is 0 Å². The van der Waals surface area contributed by atoms with Gasteiger partial charge in [0.15, 0.2) is 5.96 Å². The van der Waals surface area contributed by atoms with Crippen LogP contribution in [0.1, 0.15) is 20.3 Å². The standard InChI is InChI=1S/C13H27F3N4S.HI/c1-12(2,21-5)9-19-11(17-3)18-7-6-8-20(4)10-13(14,15)16;/h6-10H2,1-5H3,(H2,17,18,19);1H. The molecule has 0 aromatic rings. The predicted molar refractivity (Wildman–Crippen MR) is 101 cm³/mol. The number of hydrogen-bond acceptors (Lipinski definition) is 3. The second-order valence-corrected chi connectivity index (χ2v) is 7.04. The third-order valence-corrected chi connectivity index (χ3v) is 4.17. The Labute approximate surface area is 153 Å². The maximum atomic E-state index is 12.2. The summed E-state index contributed by atoms with van der Waals surface area (Å²) in [5.74, 6) is 0.676. The van der Waals surface area contributed by atoms with Gasteiger partial charge in [-0.05, 0) is 40.1 Å². The van der Waals surface area contributed by atoms with Crippen LogP contribution >= 0.6 is 35.7 Å². The van der Waals surface area contributed by atoms with Gasteiger partial charge < -0.3 is 10.6 Å². The fraction of sp³-hybridized carbons (Fsp3) is 0.923. The largest absolute Gasteiger partial charge is 0.401 e. The highest BCUT2D eigenvalue weighted by atomic mass is 127. The Morgan fingerprint density at radius 2 is 1.82 bits per heavy atom. The zero-order valence-corrected chi connectivity index (χ0v) is 17.0. The topological polar surface area (TPSA) is 39.7 Å². The first-order chi connectivity index (χ1) is 9.59. The van der Waals surface area contributed by atoms with E-state index < -0.39 is 12.7 Å². The minimum Gasteiger partial charge on any atom is -0.356 e. The van der Waals surface area contributed by atoms with Crippen LogP contribution in [-0.2, 0) is 0 Å². The molecule has 2 N–H and O–H groups in total. The summed E-state index contributed by atoms with van der Waals surface area (Å²) >= 11 is 1.76. The highest BCUT2D eigenvalue weighted by Gasteiger charge is 2.28. The molecule has 9 heteroatoms. The van der Waals surface area contributed by atoms with Gasteiger partial charge >= 0.3 is 6.18 Å². The van der Waals surface area contributed by atoms with Crippen LogP contribution in [0.2, 0.25) is 0 Å². The van der Waals surface area contributed by atoms with Gasteiger partial charge in [0.05, 0.1) is 6.54 Å². The minimum atomic E-state index is -4.14. The van der Waals surface area contributed by atoms with Crippen LogP contribution in [0.25, 0.3) is 0 Å². The normalized spacial score (nSPS) is 13.0. The lowest BCUT2D eigenvalue weighted by atomic mass is 10.2. The van der Waals surface area contributed by atoms with Crippen LogP contribution in [0.3, 0.4) is 0 Å². The third-order valence-electron chi connectivity index (χ3n) is 2.92. The van der Waals surface area contributed by atoms with Crippen molar-refractivity contribution in [3.05, 3.63) is 0 Å². The number of halogens is 4. The second-order valence-electron chi connectivity index (χ2n) is 5.52. The quantitative estimate of drug-likeness (QED) is 0.255. The van der Waals surface area contributed by atoms with Gasteiger partial charge in [0.2, 0.25) is 0 Å². The molecule has 0 aromatic carbocycles. The van der Waals surface area contributed by atoms with Crippen molar-refractivity contribution < 1.29 is 13.2 Å². The summed E-state index contributed by atoms with van der Waals surface area (Å²) in [5, 5.41) is 6.32. The van der Waals surface area contributed by atoms with Crippen LogP contribution in [0.4, 0.5) is 13.2 Å². The Morgan fingerprint density at radius 3 is 2.27 bits per heavy atom. The number of hydrogen-bond donors (Lipinski definition) is 2. The number of thioether (sulfide) groups is 1. The van der Waals surface area contributed by atoms with Crippen LogP contribution < -0.4 is 10.6 Å². The fourth-order valence-electron chi connectivity index (χ4n) is 1.53. The number of nitrogens with zero attached hydrogens (tertiary/aromatic N) is 2. The Hall–Kier alpha value is 0.1000. The molecule has 0 bridgehead atoms. The molecule has 0 spiro atoms. The van der Waals surface area contributed by atoms with Crippen molar-refractivity contribution in [3.8, 4) is 0 Å². The Kier molecular flexibility index (Phi) is 12.8. The molecule has 0 rings (SSSR count). The molecule has 0 saturated carbocycles. The van der Waals surface area contributed by atoms with Gasteiger partial charge in [0, 0.05) is 24.9 Å². The molecule has 0 aliphatic heterocycles. The number of nitrogens with one attached hydrogen (secondary N) is 2. The Morgan fingerprint density at radius 1 is 1.23 bits per heavy atom. The maximum absolute atomic E-state index is 12.2. The monoisotopic (exact) mass is 456 g/mol.